The van der Waals surface area contributed by atoms with Crippen molar-refractivity contribution in [1.29, 1.82) is 0 Å². The van der Waals surface area contributed by atoms with Gasteiger partial charge in [-0.05, 0) is 83.5 Å². The highest BCUT2D eigenvalue weighted by Crippen LogP contribution is 2.17. The highest BCUT2D eigenvalue weighted by molar-refractivity contribution is 5.71. The standard InChI is InChI=1S/C67H118O6/c1-4-7-10-13-16-19-22-24-26-28-30-32-33-34-35-36-38-39-41-43-45-48-51-54-57-60-66(69)72-63-64(62-71-65(68)59-56-53-50-47-21-18-15-12-9-6-3)73-67(70)61-58-55-52-49-46-44-42-40-37-31-29-27-25-23-20-17-14-11-8-5-2/h7,10,12,15-16,19,24,26,30,32,34-35,64H,4-6,8-9,11,13-14,17-18,20-23,25,27-29,31,33,36-63H2,1-3H3/b10-7-,15-12-,19-16-,26-24-,32-30-,35-34-. The topological polar surface area (TPSA) is 78.9 Å². The molecule has 0 bridgehead atoms. The van der Waals surface area contributed by atoms with Crippen LogP contribution in [0.25, 0.3) is 0 Å². The predicted octanol–water partition coefficient (Wildman–Crippen LogP) is 21.3. The average molecular weight is 1020 g/mol. The van der Waals surface area contributed by atoms with Crippen molar-refractivity contribution in [2.75, 3.05) is 13.2 Å². The number of esters is 3. The fourth-order valence-electron chi connectivity index (χ4n) is 9.00. The molecule has 0 aliphatic carbocycles. The maximum absolute atomic E-state index is 12.9. The molecule has 0 saturated carbocycles. The van der Waals surface area contributed by atoms with E-state index < -0.39 is 6.10 Å². The van der Waals surface area contributed by atoms with Crippen LogP contribution in [0.1, 0.15) is 316 Å². The van der Waals surface area contributed by atoms with Gasteiger partial charge in [0.2, 0.25) is 0 Å². The van der Waals surface area contributed by atoms with E-state index >= 15 is 0 Å². The second-order valence-electron chi connectivity index (χ2n) is 20.9. The third-order valence-corrected chi connectivity index (χ3v) is 13.7. The zero-order chi connectivity index (χ0) is 52.9. The molecule has 0 N–H and O–H groups in total. The highest BCUT2D eigenvalue weighted by atomic mass is 16.6. The molecular weight excluding hydrogens is 901 g/mol. The van der Waals surface area contributed by atoms with E-state index in [1.54, 1.807) is 0 Å². The van der Waals surface area contributed by atoms with Crippen molar-refractivity contribution >= 4 is 17.9 Å². The van der Waals surface area contributed by atoms with Gasteiger partial charge < -0.3 is 14.2 Å². The van der Waals surface area contributed by atoms with Crippen LogP contribution >= 0.6 is 0 Å². The molecule has 0 aromatic heterocycles. The molecule has 6 nitrogen and oxygen atoms in total. The third kappa shape index (κ3) is 59.6. The molecule has 0 heterocycles. The lowest BCUT2D eigenvalue weighted by molar-refractivity contribution is -0.167. The van der Waals surface area contributed by atoms with Crippen LogP contribution in [0.2, 0.25) is 0 Å². The average Bonchev–Trinajstić information content (AvgIpc) is 3.39. The molecule has 422 valence electrons. The van der Waals surface area contributed by atoms with Crippen LogP contribution in [0.15, 0.2) is 72.9 Å². The van der Waals surface area contributed by atoms with E-state index in [0.717, 1.165) is 109 Å². The van der Waals surface area contributed by atoms with Gasteiger partial charge in [0.15, 0.2) is 6.10 Å². The molecule has 0 aromatic carbocycles. The number of carbonyl (C=O) groups is 3. The first-order valence-electron chi connectivity index (χ1n) is 31.4. The molecule has 1 unspecified atom stereocenters. The van der Waals surface area contributed by atoms with E-state index in [-0.39, 0.29) is 31.1 Å². The van der Waals surface area contributed by atoms with Crippen molar-refractivity contribution in [3.05, 3.63) is 72.9 Å². The summed E-state index contributed by atoms with van der Waals surface area (Å²) in [5.74, 6) is -0.880. The maximum Gasteiger partial charge on any atom is 0.306 e. The lowest BCUT2D eigenvalue weighted by atomic mass is 10.0. The molecule has 0 radical (unpaired) electrons. The fraction of sp³-hybridized carbons (Fsp3) is 0.776. The van der Waals surface area contributed by atoms with Gasteiger partial charge in [0.1, 0.15) is 13.2 Å². The maximum atomic E-state index is 12.9. The minimum absolute atomic E-state index is 0.0785. The first-order chi connectivity index (χ1) is 36.0. The number of hydrogen-bond donors (Lipinski definition) is 0. The molecule has 0 aliphatic heterocycles. The Bertz CT molecular complexity index is 1360. The summed E-state index contributed by atoms with van der Waals surface area (Å²) in [6.45, 7) is 6.49. The van der Waals surface area contributed by atoms with Gasteiger partial charge in [-0.15, -0.1) is 0 Å². The Labute approximate surface area is 453 Å². The van der Waals surface area contributed by atoms with Crippen LogP contribution in [0.4, 0.5) is 0 Å². The summed E-state index contributed by atoms with van der Waals surface area (Å²) in [5, 5.41) is 0. The van der Waals surface area contributed by atoms with Crippen molar-refractivity contribution < 1.29 is 28.6 Å². The van der Waals surface area contributed by atoms with E-state index in [1.807, 2.05) is 0 Å². The van der Waals surface area contributed by atoms with Gasteiger partial charge in [0.05, 0.1) is 0 Å². The van der Waals surface area contributed by atoms with Crippen molar-refractivity contribution in [3.63, 3.8) is 0 Å². The Hall–Kier alpha value is -3.15. The summed E-state index contributed by atoms with van der Waals surface area (Å²) in [4.78, 5) is 38.2. The van der Waals surface area contributed by atoms with Gasteiger partial charge in [-0.25, -0.2) is 0 Å². The molecule has 0 amide bonds. The minimum Gasteiger partial charge on any atom is -0.462 e. The van der Waals surface area contributed by atoms with Crippen molar-refractivity contribution in [2.45, 2.75) is 322 Å². The van der Waals surface area contributed by atoms with Crippen molar-refractivity contribution in [3.8, 4) is 0 Å². The van der Waals surface area contributed by atoms with Gasteiger partial charge in [0, 0.05) is 19.3 Å². The van der Waals surface area contributed by atoms with Crippen LogP contribution in [-0.4, -0.2) is 37.2 Å². The number of hydrogen-bond acceptors (Lipinski definition) is 6. The normalized spacial score (nSPS) is 12.5. The lowest BCUT2D eigenvalue weighted by Crippen LogP contribution is -2.30. The summed E-state index contributed by atoms with van der Waals surface area (Å²) in [6, 6.07) is 0. The van der Waals surface area contributed by atoms with Gasteiger partial charge >= 0.3 is 17.9 Å². The quantitative estimate of drug-likeness (QED) is 0.0261. The predicted molar refractivity (Wildman–Crippen MR) is 316 cm³/mol. The third-order valence-electron chi connectivity index (χ3n) is 13.7. The highest BCUT2D eigenvalue weighted by Gasteiger charge is 2.19. The summed E-state index contributed by atoms with van der Waals surface area (Å²) >= 11 is 0. The van der Waals surface area contributed by atoms with E-state index in [9.17, 15) is 14.4 Å². The number of rotatable bonds is 57. The minimum atomic E-state index is -0.779. The molecule has 6 heteroatoms. The molecule has 0 saturated heterocycles. The van der Waals surface area contributed by atoms with Crippen LogP contribution in [0.5, 0.6) is 0 Å². The second-order valence-corrected chi connectivity index (χ2v) is 20.9. The summed E-state index contributed by atoms with van der Waals surface area (Å²) in [6.07, 6.45) is 79.1. The molecule has 0 aromatic rings. The van der Waals surface area contributed by atoms with Gasteiger partial charge in [-0.1, -0.05) is 286 Å². The number of allylic oxidation sites excluding steroid dienone is 12. The van der Waals surface area contributed by atoms with Crippen molar-refractivity contribution in [1.82, 2.24) is 0 Å². The van der Waals surface area contributed by atoms with E-state index in [4.69, 9.17) is 14.2 Å². The van der Waals surface area contributed by atoms with Gasteiger partial charge in [0.25, 0.3) is 0 Å². The Balaban J connectivity index is 4.24. The summed E-state index contributed by atoms with van der Waals surface area (Å²) in [7, 11) is 0. The van der Waals surface area contributed by atoms with Crippen LogP contribution in [-0.2, 0) is 28.6 Å². The van der Waals surface area contributed by atoms with Gasteiger partial charge in [-0.3, -0.25) is 14.4 Å². The molecule has 73 heavy (non-hydrogen) atoms. The molecule has 0 fully saturated rings. The van der Waals surface area contributed by atoms with E-state index in [2.05, 4.69) is 93.7 Å². The molecule has 1 atom stereocenters. The molecule has 0 spiro atoms. The fourth-order valence-corrected chi connectivity index (χ4v) is 9.00. The number of ether oxygens (including phenoxy) is 3. The second kappa shape index (κ2) is 61.4. The Morgan fingerprint density at radius 1 is 0.288 bits per heavy atom. The van der Waals surface area contributed by atoms with E-state index in [0.29, 0.717) is 19.3 Å². The summed E-state index contributed by atoms with van der Waals surface area (Å²) < 4.78 is 16.9. The molecule has 0 rings (SSSR count). The van der Waals surface area contributed by atoms with Crippen LogP contribution in [0, 0.1) is 0 Å². The zero-order valence-electron chi connectivity index (χ0n) is 48.4. The van der Waals surface area contributed by atoms with Gasteiger partial charge in [-0.2, -0.15) is 0 Å². The smallest absolute Gasteiger partial charge is 0.306 e. The Morgan fingerprint density at radius 2 is 0.562 bits per heavy atom. The first-order valence-corrected chi connectivity index (χ1v) is 31.4. The number of unbranched alkanes of at least 4 members (excludes halogenated alkanes) is 34. The zero-order valence-corrected chi connectivity index (χ0v) is 48.4. The largest absolute Gasteiger partial charge is 0.462 e. The summed E-state index contributed by atoms with van der Waals surface area (Å²) in [5.41, 5.74) is 0. The Morgan fingerprint density at radius 3 is 0.904 bits per heavy atom. The van der Waals surface area contributed by atoms with Crippen LogP contribution < -0.4 is 0 Å². The van der Waals surface area contributed by atoms with Crippen LogP contribution in [0.3, 0.4) is 0 Å². The number of carbonyl (C=O) groups excluding carboxylic acids is 3. The first kappa shape index (κ1) is 69.8. The molecular formula is C67H118O6. The SMILES string of the molecule is CC/C=C\C/C=C\C/C=C\C/C=C\C/C=C\CCCCCCCCCCCC(=O)OCC(COC(=O)CCCCCCC/C=C\CCC)OC(=O)CCCCCCCCCCCCCCCCCCCCCC. The van der Waals surface area contributed by atoms with E-state index in [1.165, 1.54) is 167 Å². The lowest BCUT2D eigenvalue weighted by Gasteiger charge is -2.18. The molecule has 0 aliphatic rings. The monoisotopic (exact) mass is 1020 g/mol. The van der Waals surface area contributed by atoms with Crippen molar-refractivity contribution in [2.24, 2.45) is 0 Å². The Kier molecular flexibility index (Phi) is 58.7.